The van der Waals surface area contributed by atoms with Crippen molar-refractivity contribution in [2.45, 2.75) is 160 Å². The lowest BCUT2D eigenvalue weighted by Gasteiger charge is -2.26. The van der Waals surface area contributed by atoms with Crippen LogP contribution < -0.4 is 69.0 Å². The fourth-order valence-electron chi connectivity index (χ4n) is 9.86. The van der Waals surface area contributed by atoms with E-state index in [2.05, 4.69) is 43.5 Å². The molecule has 5 atom stereocenters. The summed E-state index contributed by atoms with van der Waals surface area (Å²) in [4.78, 5) is 108. The predicted octanol–water partition coefficient (Wildman–Crippen LogP) is 3.46. The molecule has 5 unspecified atom stereocenters. The SMILES string of the molecule is C=CCc1c(OCCCCCOc2cccc(OCCCC(=O)NCCCNC(=O)C(CCCCN)NC(=O)C(CCCCN)NC(=O)C(CCCCN)NC(=O)CNC(=O)C3C=NC(N)=CC3C)c2CCC(=O)O)ccc2c1CCCC2=O. The summed E-state index contributed by atoms with van der Waals surface area (Å²) in [5.74, 6) is -2.46. The van der Waals surface area contributed by atoms with Gasteiger partial charge < -0.3 is 74.2 Å². The molecule has 1 heterocycles. The zero-order valence-electron chi connectivity index (χ0n) is 49.1. The number of unbranched alkanes of at least 4 members (excludes halogenated alkanes) is 5. The minimum Gasteiger partial charge on any atom is -0.493 e. The van der Waals surface area contributed by atoms with E-state index in [0.29, 0.717) is 120 Å². The fraction of sp³-hybridized carbons (Fsp3) is 0.590. The highest BCUT2D eigenvalue weighted by Crippen LogP contribution is 2.33. The molecule has 0 radical (unpaired) electrons. The molecule has 23 heteroatoms. The van der Waals surface area contributed by atoms with Gasteiger partial charge in [0.15, 0.2) is 5.78 Å². The predicted molar refractivity (Wildman–Crippen MR) is 321 cm³/mol. The third kappa shape index (κ3) is 24.8. The molecule has 1 aliphatic heterocycles. The quantitative estimate of drug-likeness (QED) is 0.0335. The first-order chi connectivity index (χ1) is 40.6. The van der Waals surface area contributed by atoms with Crippen LogP contribution in [0.5, 0.6) is 17.2 Å². The van der Waals surface area contributed by atoms with Gasteiger partial charge >= 0.3 is 5.97 Å². The Morgan fingerprint density at radius 3 is 1.82 bits per heavy atom. The number of hydrogen-bond donors (Lipinski definition) is 11. The van der Waals surface area contributed by atoms with E-state index >= 15 is 0 Å². The van der Waals surface area contributed by atoms with Crippen molar-refractivity contribution >= 4 is 53.4 Å². The highest BCUT2D eigenvalue weighted by molar-refractivity contribution is 5.99. The molecule has 0 aromatic heterocycles. The Morgan fingerprint density at radius 2 is 1.24 bits per heavy atom. The van der Waals surface area contributed by atoms with Gasteiger partial charge in [-0.25, -0.2) is 4.99 Å². The molecule has 4 rings (SSSR count). The van der Waals surface area contributed by atoms with Crippen LogP contribution in [0, 0.1) is 11.8 Å². The maximum atomic E-state index is 14.0. The van der Waals surface area contributed by atoms with E-state index in [1.165, 1.54) is 6.21 Å². The number of rotatable bonds is 43. The van der Waals surface area contributed by atoms with E-state index in [4.69, 9.17) is 37.1 Å². The van der Waals surface area contributed by atoms with Crippen LogP contribution in [-0.4, -0.2) is 136 Å². The van der Waals surface area contributed by atoms with E-state index in [-0.39, 0.29) is 75.8 Å². The number of aliphatic carboxylic acids is 1. The largest absolute Gasteiger partial charge is 0.493 e. The Labute approximate surface area is 494 Å². The second-order valence-electron chi connectivity index (χ2n) is 21.2. The van der Waals surface area contributed by atoms with Crippen molar-refractivity contribution in [1.82, 2.24) is 31.9 Å². The van der Waals surface area contributed by atoms with Crippen LogP contribution in [0.1, 0.15) is 150 Å². The standard InChI is InChI=1S/C61H93N11O12/c1-3-17-44-42-18-13-22-50(73)43(42)26-28-53(44)83-36-12-4-11-35-82-51-23-14-24-52(45(51)27-29-57(76)77)84-37-15-25-55(74)66-33-16-34-67-59(79)47(19-5-8-30-62)71-61(81)49(21-7-10-32-64)72-60(80)48(20-6-9-31-63)70-56(75)40-69-58(78)46-39-68-54(65)38-41(46)2/h3,14,23-24,26,28,38-39,41,46-49H,1,4-13,15-22,25,27,29-37,40,62-65H2,2H3,(H,66,74)(H,67,79)(H,69,78)(H,70,75)(H,71,81)(H,72,80)(H,76,77). The lowest BCUT2D eigenvalue weighted by Crippen LogP contribution is -2.57. The van der Waals surface area contributed by atoms with Crippen LogP contribution in [0.2, 0.25) is 0 Å². The average molecular weight is 1170 g/mol. The highest BCUT2D eigenvalue weighted by atomic mass is 16.5. The molecule has 23 nitrogen and oxygen atoms in total. The molecule has 464 valence electrons. The van der Waals surface area contributed by atoms with Gasteiger partial charge in [0.2, 0.25) is 35.4 Å². The molecule has 1 aliphatic carbocycles. The highest BCUT2D eigenvalue weighted by Gasteiger charge is 2.31. The number of ketones is 1. The number of carbonyl (C=O) groups is 8. The van der Waals surface area contributed by atoms with Gasteiger partial charge in [0, 0.05) is 55.3 Å². The molecule has 0 saturated heterocycles. The lowest BCUT2D eigenvalue weighted by molar-refractivity contribution is -0.137. The second-order valence-corrected chi connectivity index (χ2v) is 21.2. The van der Waals surface area contributed by atoms with E-state index < -0.39 is 66.1 Å². The van der Waals surface area contributed by atoms with Crippen LogP contribution in [-0.2, 0) is 52.8 Å². The number of amides is 6. The van der Waals surface area contributed by atoms with Crippen LogP contribution in [0.4, 0.5) is 0 Å². The minimum absolute atomic E-state index is 0.125. The number of aliphatic imine (C=N–C) groups is 1. The van der Waals surface area contributed by atoms with E-state index in [1.807, 2.05) is 18.2 Å². The molecule has 0 saturated carbocycles. The molecular formula is C61H93N11O12. The van der Waals surface area contributed by atoms with Crippen molar-refractivity contribution in [1.29, 1.82) is 0 Å². The monoisotopic (exact) mass is 1170 g/mol. The van der Waals surface area contributed by atoms with Crippen molar-refractivity contribution < 1.29 is 57.7 Å². The minimum atomic E-state index is -1.08. The Balaban J connectivity index is 1.21. The van der Waals surface area contributed by atoms with Gasteiger partial charge in [-0.2, -0.15) is 0 Å². The number of benzene rings is 2. The number of nitrogens with two attached hydrogens (primary N) is 4. The van der Waals surface area contributed by atoms with Crippen LogP contribution >= 0.6 is 0 Å². The number of allylic oxidation sites excluding steroid dienone is 2. The molecule has 2 aromatic carbocycles. The van der Waals surface area contributed by atoms with Crippen molar-refractivity contribution in [2.24, 2.45) is 39.8 Å². The zero-order valence-corrected chi connectivity index (χ0v) is 49.1. The van der Waals surface area contributed by atoms with Gasteiger partial charge in [-0.1, -0.05) is 19.1 Å². The number of carboxylic acid groups (broad SMARTS) is 1. The molecule has 0 fully saturated rings. The van der Waals surface area contributed by atoms with Gasteiger partial charge in [-0.05, 0) is 177 Å². The summed E-state index contributed by atoms with van der Waals surface area (Å²) in [6, 6.07) is 5.99. The second kappa shape index (κ2) is 39.2. The van der Waals surface area contributed by atoms with E-state index in [9.17, 15) is 43.5 Å². The van der Waals surface area contributed by atoms with Crippen LogP contribution in [0.15, 0.2) is 59.9 Å². The molecular weight excluding hydrogens is 1080 g/mol. The normalized spacial score (nSPS) is 15.5. The molecule has 6 amide bonds. The van der Waals surface area contributed by atoms with Crippen LogP contribution in [0.25, 0.3) is 0 Å². The number of carboxylic acids is 1. The molecule has 15 N–H and O–H groups in total. The summed E-state index contributed by atoms with van der Waals surface area (Å²) >= 11 is 0. The van der Waals surface area contributed by atoms with Gasteiger partial charge in [-0.15, -0.1) is 6.58 Å². The molecule has 84 heavy (non-hydrogen) atoms. The molecule has 0 spiro atoms. The number of nitrogens with zero attached hydrogens (tertiary/aromatic N) is 1. The zero-order chi connectivity index (χ0) is 61.1. The summed E-state index contributed by atoms with van der Waals surface area (Å²) in [6.45, 7) is 7.94. The maximum absolute atomic E-state index is 14.0. The lowest BCUT2D eigenvalue weighted by atomic mass is 9.86. The van der Waals surface area contributed by atoms with Gasteiger partial charge in [0.1, 0.15) is 41.2 Å². The summed E-state index contributed by atoms with van der Waals surface area (Å²) in [5.41, 5.74) is 26.5. The smallest absolute Gasteiger partial charge is 0.303 e. The maximum Gasteiger partial charge on any atom is 0.303 e. The van der Waals surface area contributed by atoms with E-state index in [1.54, 1.807) is 31.2 Å². The van der Waals surface area contributed by atoms with Crippen molar-refractivity contribution in [3.8, 4) is 17.2 Å². The topological polar surface area (TPSA) is 373 Å². The van der Waals surface area contributed by atoms with E-state index in [0.717, 1.165) is 54.5 Å². The Morgan fingerprint density at radius 1 is 0.667 bits per heavy atom. The summed E-state index contributed by atoms with van der Waals surface area (Å²) in [6.07, 6.45) is 15.1. The third-order valence-electron chi connectivity index (χ3n) is 14.5. The number of Topliss-reactive ketones (excluding diaryl/α,β-unsaturated/α-hetero) is 1. The number of carbonyl (C=O) groups excluding carboxylic acids is 7. The number of ether oxygens (including phenoxy) is 3. The third-order valence-corrected chi connectivity index (χ3v) is 14.5. The van der Waals surface area contributed by atoms with Crippen LogP contribution in [0.3, 0.4) is 0 Å². The first-order valence-corrected chi connectivity index (χ1v) is 29.9. The Bertz CT molecular complexity index is 2540. The van der Waals surface area contributed by atoms with Crippen molar-refractivity contribution in [2.75, 3.05) is 59.1 Å². The molecule has 2 aliphatic rings. The van der Waals surface area contributed by atoms with Gasteiger partial charge in [-0.3, -0.25) is 38.4 Å². The number of fused-ring (bicyclic) bond motifs is 1. The Hall–Kier alpha value is -7.37. The van der Waals surface area contributed by atoms with Gasteiger partial charge in [0.05, 0.1) is 32.3 Å². The summed E-state index contributed by atoms with van der Waals surface area (Å²) in [7, 11) is 0. The molecule has 2 aromatic rings. The first kappa shape index (κ1) is 69.1. The summed E-state index contributed by atoms with van der Waals surface area (Å²) < 4.78 is 18.4. The Kier molecular flexibility index (Phi) is 32.3. The van der Waals surface area contributed by atoms with Crippen molar-refractivity contribution in [3.05, 3.63) is 77.1 Å². The first-order valence-electron chi connectivity index (χ1n) is 29.9. The number of hydrogen-bond acceptors (Lipinski definition) is 16. The molecule has 0 bridgehead atoms. The fourth-order valence-corrected chi connectivity index (χ4v) is 9.86. The average Bonchev–Trinajstić information content (AvgIpc) is 3.53. The van der Waals surface area contributed by atoms with Crippen molar-refractivity contribution in [3.63, 3.8) is 0 Å². The summed E-state index contributed by atoms with van der Waals surface area (Å²) in [5, 5.41) is 26.1. The number of nitrogens with one attached hydrogen (secondary N) is 6. The van der Waals surface area contributed by atoms with Gasteiger partial charge in [0.25, 0.3) is 0 Å².